The van der Waals surface area contributed by atoms with Gasteiger partial charge in [-0.25, -0.2) is 17.1 Å². The fourth-order valence-corrected chi connectivity index (χ4v) is 5.07. The van der Waals surface area contributed by atoms with Gasteiger partial charge in [-0.15, -0.1) is 0 Å². The molecule has 1 aliphatic rings. The number of sulfonamides is 1. The largest absolute Gasteiger partial charge is 0.326 e. The lowest BCUT2D eigenvalue weighted by Crippen LogP contribution is -2.37. The third kappa shape index (κ3) is 3.95. The molecule has 2 rings (SSSR count). The summed E-state index contributed by atoms with van der Waals surface area (Å²) in [6, 6.07) is 4.39. The minimum Gasteiger partial charge on any atom is -0.326 e. The number of benzene rings is 1. The Morgan fingerprint density at radius 2 is 2.04 bits per heavy atom. The van der Waals surface area contributed by atoms with Gasteiger partial charge in [-0.05, 0) is 49.9 Å². The number of halogens is 1. The van der Waals surface area contributed by atoms with E-state index in [-0.39, 0.29) is 29.4 Å². The van der Waals surface area contributed by atoms with Gasteiger partial charge in [-0.2, -0.15) is 0 Å². The lowest BCUT2D eigenvalue weighted by Gasteiger charge is -2.22. The van der Waals surface area contributed by atoms with Crippen LogP contribution in [0.4, 0.5) is 10.1 Å². The third-order valence-corrected chi connectivity index (χ3v) is 7.20. The van der Waals surface area contributed by atoms with Crippen LogP contribution in [-0.4, -0.2) is 37.0 Å². The fourth-order valence-electron chi connectivity index (χ4n) is 3.06. The first kappa shape index (κ1) is 18.9. The second-order valence-corrected chi connectivity index (χ2v) is 8.49. The van der Waals surface area contributed by atoms with E-state index in [0.717, 1.165) is 0 Å². The highest BCUT2D eigenvalue weighted by Crippen LogP contribution is 2.25. The molecule has 1 heterocycles. The van der Waals surface area contributed by atoms with Gasteiger partial charge >= 0.3 is 0 Å². The van der Waals surface area contributed by atoms with Gasteiger partial charge in [0.1, 0.15) is 5.82 Å². The summed E-state index contributed by atoms with van der Waals surface area (Å²) in [5.41, 5.74) is 0.984. The molecule has 7 heteroatoms. The second-order valence-electron chi connectivity index (χ2n) is 6.28. The van der Waals surface area contributed by atoms with Crippen molar-refractivity contribution in [2.24, 2.45) is 5.92 Å². The summed E-state index contributed by atoms with van der Waals surface area (Å²) in [6.45, 7) is 5.94. The van der Waals surface area contributed by atoms with Crippen molar-refractivity contribution in [2.75, 3.05) is 18.4 Å². The maximum atomic E-state index is 13.3. The number of nitrogens with zero attached hydrogens (tertiary/aromatic N) is 1. The number of hydrogen-bond acceptors (Lipinski definition) is 3. The molecule has 1 saturated heterocycles. The Kier molecular flexibility index (Phi) is 5.98. The van der Waals surface area contributed by atoms with Gasteiger partial charge in [0, 0.05) is 18.8 Å². The topological polar surface area (TPSA) is 66.5 Å². The molecule has 1 aromatic rings. The van der Waals surface area contributed by atoms with E-state index in [1.165, 1.54) is 16.4 Å². The minimum absolute atomic E-state index is 0.213. The predicted molar refractivity (Wildman–Crippen MR) is 92.7 cm³/mol. The van der Waals surface area contributed by atoms with E-state index in [1.807, 2.05) is 13.8 Å². The number of aryl methyl sites for hydroxylation is 1. The molecule has 0 spiro atoms. The molecule has 1 fully saturated rings. The summed E-state index contributed by atoms with van der Waals surface area (Å²) in [6.07, 6.45) is 1.65. The van der Waals surface area contributed by atoms with Crippen LogP contribution in [-0.2, 0) is 14.8 Å². The highest BCUT2D eigenvalue weighted by molar-refractivity contribution is 7.89. The number of anilines is 1. The van der Waals surface area contributed by atoms with E-state index in [2.05, 4.69) is 5.32 Å². The zero-order valence-electron chi connectivity index (χ0n) is 14.4. The maximum Gasteiger partial charge on any atom is 0.228 e. The summed E-state index contributed by atoms with van der Waals surface area (Å²) < 4.78 is 39.8. The number of carbonyl (C=O) groups excluding carboxylic acids is 1. The van der Waals surface area contributed by atoms with Gasteiger partial charge in [0.25, 0.3) is 0 Å². The predicted octanol–water partition coefficient (Wildman–Crippen LogP) is 2.91. The maximum absolute atomic E-state index is 13.3. The van der Waals surface area contributed by atoms with Crippen LogP contribution in [0.25, 0.3) is 0 Å². The Hall–Kier alpha value is -1.47. The van der Waals surface area contributed by atoms with Crippen molar-refractivity contribution in [3.05, 3.63) is 29.6 Å². The van der Waals surface area contributed by atoms with Gasteiger partial charge in [-0.1, -0.05) is 13.8 Å². The summed E-state index contributed by atoms with van der Waals surface area (Å²) in [7, 11) is -3.35. The van der Waals surface area contributed by atoms with Gasteiger partial charge in [-0.3, -0.25) is 4.79 Å². The fraction of sp³-hybridized carbons (Fsp3) is 0.588. The van der Waals surface area contributed by atoms with E-state index in [0.29, 0.717) is 37.1 Å². The highest BCUT2D eigenvalue weighted by atomic mass is 32.2. The van der Waals surface area contributed by atoms with Crippen LogP contribution in [0.15, 0.2) is 18.2 Å². The number of rotatable bonds is 6. The molecule has 0 unspecified atom stereocenters. The molecule has 5 nitrogen and oxygen atoms in total. The number of carbonyl (C=O) groups is 1. The van der Waals surface area contributed by atoms with Crippen LogP contribution in [0.1, 0.15) is 38.7 Å². The smallest absolute Gasteiger partial charge is 0.228 e. The Bertz CT molecular complexity index is 702. The lowest BCUT2D eigenvalue weighted by molar-refractivity contribution is -0.119. The molecule has 1 aliphatic heterocycles. The quantitative estimate of drug-likeness (QED) is 0.852. The molecule has 1 N–H and O–H groups in total. The molecule has 1 atom stereocenters. The van der Waals surface area contributed by atoms with Gasteiger partial charge < -0.3 is 5.32 Å². The number of nitrogens with one attached hydrogen (secondary N) is 1. The Morgan fingerprint density at radius 1 is 1.38 bits per heavy atom. The van der Waals surface area contributed by atoms with Crippen molar-refractivity contribution in [3.8, 4) is 0 Å². The van der Waals surface area contributed by atoms with Gasteiger partial charge in [0.05, 0.1) is 11.2 Å². The van der Waals surface area contributed by atoms with E-state index in [4.69, 9.17) is 0 Å². The zero-order valence-corrected chi connectivity index (χ0v) is 15.2. The van der Waals surface area contributed by atoms with Crippen LogP contribution in [0.3, 0.4) is 0 Å². The van der Waals surface area contributed by atoms with E-state index < -0.39 is 10.0 Å². The molecule has 1 amide bonds. The second kappa shape index (κ2) is 7.61. The molecule has 1 aromatic carbocycles. The monoisotopic (exact) mass is 356 g/mol. The Balaban J connectivity index is 2.02. The molecular weight excluding hydrogens is 331 g/mol. The normalized spacial score (nSPS) is 19.0. The van der Waals surface area contributed by atoms with Crippen molar-refractivity contribution in [1.29, 1.82) is 0 Å². The molecule has 0 aromatic heterocycles. The SMILES string of the molecule is CCC(CC)S(=O)(=O)N1CC[C@H](C(=O)Nc2ccc(F)c(C)c2)C1. The lowest BCUT2D eigenvalue weighted by atomic mass is 10.1. The molecule has 0 radical (unpaired) electrons. The van der Waals surface area contributed by atoms with Crippen molar-refractivity contribution >= 4 is 21.6 Å². The van der Waals surface area contributed by atoms with Crippen LogP contribution < -0.4 is 5.32 Å². The van der Waals surface area contributed by atoms with Gasteiger partial charge in [0.2, 0.25) is 15.9 Å². The first-order chi connectivity index (χ1) is 11.3. The average Bonchev–Trinajstić information content (AvgIpc) is 3.03. The first-order valence-electron chi connectivity index (χ1n) is 8.35. The molecule has 24 heavy (non-hydrogen) atoms. The molecular formula is C17H25FN2O3S. The summed E-state index contributed by atoms with van der Waals surface area (Å²) in [5, 5.41) is 2.36. The van der Waals surface area contributed by atoms with Crippen LogP contribution in [0.5, 0.6) is 0 Å². The van der Waals surface area contributed by atoms with Crippen molar-refractivity contribution in [1.82, 2.24) is 4.31 Å². The number of hydrogen-bond donors (Lipinski definition) is 1. The summed E-state index contributed by atoms with van der Waals surface area (Å²) in [5.74, 6) is -0.918. The number of amides is 1. The van der Waals surface area contributed by atoms with E-state index >= 15 is 0 Å². The molecule has 0 saturated carbocycles. The highest BCUT2D eigenvalue weighted by Gasteiger charge is 2.37. The molecule has 134 valence electrons. The van der Waals surface area contributed by atoms with Crippen LogP contribution in [0, 0.1) is 18.7 Å². The Labute approximate surface area is 143 Å². The van der Waals surface area contributed by atoms with E-state index in [1.54, 1.807) is 13.0 Å². The average molecular weight is 356 g/mol. The summed E-state index contributed by atoms with van der Waals surface area (Å²) >= 11 is 0. The third-order valence-electron chi connectivity index (χ3n) is 4.64. The minimum atomic E-state index is -3.35. The van der Waals surface area contributed by atoms with Gasteiger partial charge in [0.15, 0.2) is 0 Å². The van der Waals surface area contributed by atoms with Crippen molar-refractivity contribution in [3.63, 3.8) is 0 Å². The van der Waals surface area contributed by atoms with E-state index in [9.17, 15) is 17.6 Å². The van der Waals surface area contributed by atoms with Crippen LogP contribution in [0.2, 0.25) is 0 Å². The van der Waals surface area contributed by atoms with Crippen LogP contribution >= 0.6 is 0 Å². The summed E-state index contributed by atoms with van der Waals surface area (Å²) in [4.78, 5) is 12.4. The molecule has 0 aliphatic carbocycles. The van der Waals surface area contributed by atoms with Crippen molar-refractivity contribution < 1.29 is 17.6 Å². The first-order valence-corrected chi connectivity index (χ1v) is 9.85. The Morgan fingerprint density at radius 3 is 2.62 bits per heavy atom. The van der Waals surface area contributed by atoms with Crippen molar-refractivity contribution in [2.45, 2.75) is 45.3 Å². The zero-order chi connectivity index (χ0) is 17.9. The standard InChI is InChI=1S/C17H25FN2O3S/c1-4-15(5-2)24(22,23)20-9-8-13(11-20)17(21)19-14-6-7-16(18)12(3)10-14/h6-7,10,13,15H,4-5,8-9,11H2,1-3H3,(H,19,21)/t13-/m0/s1. The molecule has 0 bridgehead atoms.